The molecule has 0 fully saturated rings. The Morgan fingerprint density at radius 3 is 2.81 bits per heavy atom. The molecule has 0 heterocycles. The van der Waals surface area contributed by atoms with Crippen LogP contribution in [0.4, 0.5) is 15.8 Å². The molecule has 0 aliphatic rings. The average Bonchev–Trinajstić information content (AvgIpc) is 2.21. The van der Waals surface area contributed by atoms with Crippen LogP contribution in [0.25, 0.3) is 0 Å². The topological polar surface area (TPSA) is 98.3 Å². The monoisotopic (exact) mass is 227 g/mol. The van der Waals surface area contributed by atoms with Crippen molar-refractivity contribution in [3.63, 3.8) is 0 Å². The minimum atomic E-state index is -0.848. The first kappa shape index (κ1) is 12.1. The van der Waals surface area contributed by atoms with Gasteiger partial charge in [0.05, 0.1) is 4.92 Å². The lowest BCUT2D eigenvalue weighted by Gasteiger charge is -2.05. The zero-order chi connectivity index (χ0) is 12.1. The van der Waals surface area contributed by atoms with Crippen molar-refractivity contribution < 1.29 is 14.1 Å². The van der Waals surface area contributed by atoms with Crippen LogP contribution in [0.5, 0.6) is 0 Å². The Morgan fingerprint density at radius 2 is 2.25 bits per heavy atom. The molecular formula is C9H10FN3O3. The number of halogens is 1. The second-order valence-corrected chi connectivity index (χ2v) is 2.98. The molecule has 1 amide bonds. The van der Waals surface area contributed by atoms with Crippen LogP contribution in [0.1, 0.15) is 6.42 Å². The first-order valence-corrected chi connectivity index (χ1v) is 4.49. The van der Waals surface area contributed by atoms with Gasteiger partial charge < -0.3 is 11.1 Å². The van der Waals surface area contributed by atoms with Crippen molar-refractivity contribution in [2.45, 2.75) is 6.42 Å². The largest absolute Gasteiger partial charge is 0.330 e. The Bertz CT molecular complexity index is 422. The second-order valence-electron chi connectivity index (χ2n) is 2.98. The molecule has 1 aromatic rings. The van der Waals surface area contributed by atoms with Crippen LogP contribution in [0.3, 0.4) is 0 Å². The molecule has 0 spiro atoms. The SMILES string of the molecule is NCCC(=O)Nc1c(F)cccc1[N+](=O)[O-]. The van der Waals surface area contributed by atoms with Crippen molar-refractivity contribution in [1.82, 2.24) is 0 Å². The van der Waals surface area contributed by atoms with Crippen LogP contribution in [0.15, 0.2) is 18.2 Å². The van der Waals surface area contributed by atoms with E-state index in [2.05, 4.69) is 5.32 Å². The summed E-state index contributed by atoms with van der Waals surface area (Å²) in [5, 5.41) is 12.7. The van der Waals surface area contributed by atoms with E-state index >= 15 is 0 Å². The number of para-hydroxylation sites is 1. The number of benzene rings is 1. The standard InChI is InChI=1S/C9H10FN3O3/c10-6-2-1-3-7(13(15)16)9(6)12-8(14)4-5-11/h1-3H,4-5,11H2,(H,12,14). The van der Waals surface area contributed by atoms with Crippen LogP contribution in [0, 0.1) is 15.9 Å². The van der Waals surface area contributed by atoms with E-state index in [1.165, 1.54) is 6.07 Å². The van der Waals surface area contributed by atoms with Crippen molar-refractivity contribution >= 4 is 17.3 Å². The molecular weight excluding hydrogens is 217 g/mol. The first-order valence-electron chi connectivity index (χ1n) is 4.49. The number of nitro groups is 1. The zero-order valence-electron chi connectivity index (χ0n) is 8.27. The number of rotatable bonds is 4. The Balaban J connectivity index is 3.01. The summed E-state index contributed by atoms with van der Waals surface area (Å²) in [6.45, 7) is 0.0914. The summed E-state index contributed by atoms with van der Waals surface area (Å²) in [7, 11) is 0. The smallest absolute Gasteiger partial charge is 0.295 e. The summed E-state index contributed by atoms with van der Waals surface area (Å²) in [6.07, 6.45) is -0.0223. The normalized spacial score (nSPS) is 9.88. The summed E-state index contributed by atoms with van der Waals surface area (Å²) < 4.78 is 13.3. The molecule has 0 bridgehead atoms. The third-order valence-electron chi connectivity index (χ3n) is 1.82. The number of hydrogen-bond donors (Lipinski definition) is 2. The van der Waals surface area contributed by atoms with Gasteiger partial charge in [-0.2, -0.15) is 0 Å². The Labute approximate surface area is 90.4 Å². The van der Waals surface area contributed by atoms with Crippen molar-refractivity contribution in [1.29, 1.82) is 0 Å². The maximum Gasteiger partial charge on any atom is 0.295 e. The molecule has 86 valence electrons. The van der Waals surface area contributed by atoms with E-state index in [0.717, 1.165) is 12.1 Å². The van der Waals surface area contributed by atoms with Crippen molar-refractivity contribution in [3.8, 4) is 0 Å². The number of hydrogen-bond acceptors (Lipinski definition) is 4. The number of anilines is 1. The summed E-state index contributed by atoms with van der Waals surface area (Å²) in [5.41, 5.74) is 4.22. The third kappa shape index (κ3) is 2.74. The van der Waals surface area contributed by atoms with E-state index in [0.29, 0.717) is 0 Å². The van der Waals surface area contributed by atoms with Gasteiger partial charge in [0.25, 0.3) is 5.69 Å². The molecule has 16 heavy (non-hydrogen) atoms. The summed E-state index contributed by atoms with van der Waals surface area (Å²) in [6, 6.07) is 3.35. The number of nitrogens with two attached hydrogens (primary N) is 1. The molecule has 6 nitrogen and oxygen atoms in total. The molecule has 0 aliphatic carbocycles. The number of carbonyl (C=O) groups excluding carboxylic acids is 1. The lowest BCUT2D eigenvalue weighted by atomic mass is 10.2. The van der Waals surface area contributed by atoms with Crippen molar-refractivity contribution in [2.75, 3.05) is 11.9 Å². The fourth-order valence-corrected chi connectivity index (χ4v) is 1.12. The fraction of sp³-hybridized carbons (Fsp3) is 0.222. The van der Waals surface area contributed by atoms with E-state index in [9.17, 15) is 19.3 Å². The Morgan fingerprint density at radius 1 is 1.56 bits per heavy atom. The predicted molar refractivity (Wildman–Crippen MR) is 55.4 cm³/mol. The van der Waals surface area contributed by atoms with Gasteiger partial charge in [0.1, 0.15) is 0 Å². The molecule has 0 unspecified atom stereocenters. The van der Waals surface area contributed by atoms with Gasteiger partial charge in [-0.15, -0.1) is 0 Å². The molecule has 0 saturated carbocycles. The average molecular weight is 227 g/mol. The molecule has 0 aromatic heterocycles. The van der Waals surface area contributed by atoms with Gasteiger partial charge in [-0.3, -0.25) is 14.9 Å². The van der Waals surface area contributed by atoms with E-state index < -0.39 is 28.0 Å². The van der Waals surface area contributed by atoms with Crippen LogP contribution in [0.2, 0.25) is 0 Å². The van der Waals surface area contributed by atoms with Gasteiger partial charge in [0.2, 0.25) is 5.91 Å². The van der Waals surface area contributed by atoms with E-state index in [1.54, 1.807) is 0 Å². The lowest BCUT2D eigenvalue weighted by molar-refractivity contribution is -0.384. The Hall–Kier alpha value is -2.02. The van der Waals surface area contributed by atoms with Gasteiger partial charge >= 0.3 is 0 Å². The van der Waals surface area contributed by atoms with E-state index in [1.807, 2.05) is 0 Å². The molecule has 0 aliphatic heterocycles. The fourth-order valence-electron chi connectivity index (χ4n) is 1.12. The van der Waals surface area contributed by atoms with Gasteiger partial charge in [-0.05, 0) is 6.07 Å². The minimum absolute atomic E-state index is 0.0223. The van der Waals surface area contributed by atoms with Crippen molar-refractivity contribution in [2.24, 2.45) is 5.73 Å². The number of nitro benzene ring substituents is 1. The quantitative estimate of drug-likeness (QED) is 0.592. The van der Waals surface area contributed by atoms with Crippen LogP contribution in [-0.2, 0) is 4.79 Å². The van der Waals surface area contributed by atoms with Crippen LogP contribution in [-0.4, -0.2) is 17.4 Å². The predicted octanol–water partition coefficient (Wildman–Crippen LogP) is 1.02. The van der Waals surface area contributed by atoms with Gasteiger partial charge in [0.15, 0.2) is 11.5 Å². The third-order valence-corrected chi connectivity index (χ3v) is 1.82. The second kappa shape index (κ2) is 5.17. The van der Waals surface area contributed by atoms with Crippen LogP contribution < -0.4 is 11.1 Å². The highest BCUT2D eigenvalue weighted by atomic mass is 19.1. The summed E-state index contributed by atoms with van der Waals surface area (Å²) in [4.78, 5) is 21.0. The summed E-state index contributed by atoms with van der Waals surface area (Å²) in [5.74, 6) is -1.41. The molecule has 3 N–H and O–H groups in total. The maximum atomic E-state index is 13.3. The van der Waals surface area contributed by atoms with E-state index in [-0.39, 0.29) is 13.0 Å². The summed E-state index contributed by atoms with van der Waals surface area (Å²) >= 11 is 0. The van der Waals surface area contributed by atoms with Crippen molar-refractivity contribution in [3.05, 3.63) is 34.1 Å². The number of carbonyl (C=O) groups is 1. The molecule has 0 radical (unpaired) electrons. The van der Waals surface area contributed by atoms with Gasteiger partial charge in [-0.25, -0.2) is 4.39 Å². The Kier molecular flexibility index (Phi) is 3.90. The van der Waals surface area contributed by atoms with Crippen LogP contribution >= 0.6 is 0 Å². The molecule has 0 saturated heterocycles. The zero-order valence-corrected chi connectivity index (χ0v) is 8.27. The molecule has 7 heteroatoms. The van der Waals surface area contributed by atoms with E-state index in [4.69, 9.17) is 5.73 Å². The highest BCUT2D eigenvalue weighted by molar-refractivity contribution is 5.93. The van der Waals surface area contributed by atoms with Gasteiger partial charge in [-0.1, -0.05) is 6.07 Å². The van der Waals surface area contributed by atoms with Gasteiger partial charge in [0, 0.05) is 19.0 Å². The number of nitrogens with one attached hydrogen (secondary N) is 1. The number of nitrogens with zero attached hydrogens (tertiary/aromatic N) is 1. The maximum absolute atomic E-state index is 13.3. The number of amides is 1. The first-order chi connectivity index (χ1) is 7.56. The molecule has 0 atom stereocenters. The molecule has 1 aromatic carbocycles. The highest BCUT2D eigenvalue weighted by Crippen LogP contribution is 2.26. The minimum Gasteiger partial charge on any atom is -0.330 e. The lowest BCUT2D eigenvalue weighted by Crippen LogP contribution is -2.17. The highest BCUT2D eigenvalue weighted by Gasteiger charge is 2.19. The molecule has 1 rings (SSSR count).